The van der Waals surface area contributed by atoms with Gasteiger partial charge in [0.15, 0.2) is 5.65 Å². The van der Waals surface area contributed by atoms with Crippen molar-refractivity contribution in [2.24, 2.45) is 11.7 Å². The molecule has 0 aromatic carbocycles. The summed E-state index contributed by atoms with van der Waals surface area (Å²) in [6.45, 7) is 13.5. The lowest BCUT2D eigenvalue weighted by Gasteiger charge is -2.35. The quantitative estimate of drug-likeness (QED) is 0.216. The number of hydrogen-bond donors (Lipinski definition) is 1. The third-order valence-electron chi connectivity index (χ3n) is 8.50. The molecular formula is C28H44N6O6SSi. The van der Waals surface area contributed by atoms with Crippen molar-refractivity contribution in [3.05, 3.63) is 25.7 Å². The Bertz CT molecular complexity index is 1470. The zero-order valence-corrected chi connectivity index (χ0v) is 27.4. The highest BCUT2D eigenvalue weighted by Gasteiger charge is 2.51. The van der Waals surface area contributed by atoms with Gasteiger partial charge in [-0.3, -0.25) is 23.5 Å². The molecule has 0 spiro atoms. The van der Waals surface area contributed by atoms with Crippen LogP contribution in [0.25, 0.3) is 11.0 Å². The number of hydrogen-bond acceptors (Lipinski definition) is 8. The van der Waals surface area contributed by atoms with Crippen LogP contribution in [0, 0.1) is 5.92 Å². The molecule has 2 aliphatic rings. The maximum Gasteiger partial charge on any atom is 0.332 e. The van der Waals surface area contributed by atoms with Crippen LogP contribution in [0.5, 0.6) is 0 Å². The molecule has 4 rings (SSSR count). The van der Waals surface area contributed by atoms with Gasteiger partial charge in [-0.05, 0) is 69.4 Å². The first-order chi connectivity index (χ1) is 19.7. The first-order valence-corrected chi connectivity index (χ1v) is 19.3. The Kier molecular flexibility index (Phi) is 9.48. The first kappa shape index (κ1) is 32.1. The minimum atomic E-state index is -1.29. The van der Waals surface area contributed by atoms with Crippen LogP contribution >= 0.6 is 11.5 Å². The highest BCUT2D eigenvalue weighted by molar-refractivity contribution is 7.09. The topological polar surface area (TPSA) is 150 Å². The number of primary amides is 1. The molecule has 2 aromatic rings. The van der Waals surface area contributed by atoms with Crippen molar-refractivity contribution in [1.29, 1.82) is 0 Å². The summed E-state index contributed by atoms with van der Waals surface area (Å²) in [5.74, 6) is -0.898. The predicted octanol–water partition coefficient (Wildman–Crippen LogP) is 3.61. The van der Waals surface area contributed by atoms with Crippen molar-refractivity contribution in [1.82, 2.24) is 23.3 Å². The van der Waals surface area contributed by atoms with Crippen LogP contribution in [0.15, 0.2) is 9.59 Å². The second kappa shape index (κ2) is 12.4. The summed E-state index contributed by atoms with van der Waals surface area (Å²) in [7, 11) is -1.29. The zero-order chi connectivity index (χ0) is 31.0. The lowest BCUT2D eigenvalue weighted by Crippen LogP contribution is -2.47. The predicted molar refractivity (Wildman–Crippen MR) is 165 cm³/mol. The van der Waals surface area contributed by atoms with Crippen LogP contribution in [0.4, 0.5) is 4.79 Å². The van der Waals surface area contributed by atoms with Gasteiger partial charge in [0.2, 0.25) is 0 Å². The van der Waals surface area contributed by atoms with Crippen molar-refractivity contribution >= 4 is 48.5 Å². The third-order valence-corrected chi connectivity index (χ3v) is 11.1. The maximum absolute atomic E-state index is 13.6. The van der Waals surface area contributed by atoms with Gasteiger partial charge in [-0.2, -0.15) is 4.37 Å². The zero-order valence-electron chi connectivity index (χ0n) is 25.6. The Morgan fingerprint density at radius 2 is 1.79 bits per heavy atom. The summed E-state index contributed by atoms with van der Waals surface area (Å²) in [6, 6.07) is 0.260. The van der Waals surface area contributed by atoms with E-state index in [1.807, 2.05) is 6.92 Å². The van der Waals surface area contributed by atoms with Gasteiger partial charge in [-0.1, -0.05) is 33.0 Å². The minimum absolute atomic E-state index is 0.0464. The number of ether oxygens (including phenoxy) is 1. The molecule has 2 fully saturated rings. The largest absolute Gasteiger partial charge is 0.365 e. The minimum Gasteiger partial charge on any atom is -0.365 e. The number of rotatable bonds is 12. The van der Waals surface area contributed by atoms with E-state index in [9.17, 15) is 24.0 Å². The highest BCUT2D eigenvalue weighted by Crippen LogP contribution is 2.35. The maximum atomic E-state index is 13.6. The number of nitrogens with zero attached hydrogens (tertiary/aromatic N) is 5. The molecule has 1 saturated carbocycles. The molecule has 1 aliphatic carbocycles. The van der Waals surface area contributed by atoms with Crippen LogP contribution in [-0.4, -0.2) is 74.6 Å². The van der Waals surface area contributed by atoms with Gasteiger partial charge in [-0.15, -0.1) is 0 Å². The summed E-state index contributed by atoms with van der Waals surface area (Å²) in [4.78, 5) is 68.6. The Labute approximate surface area is 251 Å². The fourth-order valence-electron chi connectivity index (χ4n) is 5.81. The van der Waals surface area contributed by atoms with Gasteiger partial charge >= 0.3 is 11.7 Å². The average molecular weight is 621 g/mol. The molecule has 4 amide bonds. The summed E-state index contributed by atoms with van der Waals surface area (Å²) >= 11 is 0.848. The molecule has 3 heterocycles. The molecule has 0 atom stereocenters. The van der Waals surface area contributed by atoms with E-state index >= 15 is 0 Å². The molecule has 2 N–H and O–H groups in total. The molecule has 232 valence electrons. The van der Waals surface area contributed by atoms with E-state index in [1.165, 1.54) is 14.0 Å². The van der Waals surface area contributed by atoms with Gasteiger partial charge < -0.3 is 15.4 Å². The number of urea groups is 1. The van der Waals surface area contributed by atoms with Crippen molar-refractivity contribution in [2.45, 2.75) is 103 Å². The van der Waals surface area contributed by atoms with E-state index in [1.54, 1.807) is 18.7 Å². The lowest BCUT2D eigenvalue weighted by atomic mass is 9.85. The third kappa shape index (κ3) is 6.25. The Balaban J connectivity index is 1.49. The monoisotopic (exact) mass is 620 g/mol. The van der Waals surface area contributed by atoms with Crippen molar-refractivity contribution in [2.75, 3.05) is 19.9 Å². The second-order valence-electron chi connectivity index (χ2n) is 13.2. The molecule has 12 nitrogen and oxygen atoms in total. The molecule has 1 aliphatic heterocycles. The van der Waals surface area contributed by atoms with Gasteiger partial charge in [0, 0.05) is 33.8 Å². The van der Waals surface area contributed by atoms with Crippen molar-refractivity contribution < 1.29 is 19.1 Å². The van der Waals surface area contributed by atoms with Crippen LogP contribution < -0.4 is 17.0 Å². The van der Waals surface area contributed by atoms with Crippen LogP contribution in [0.2, 0.25) is 25.7 Å². The Morgan fingerprint density at radius 3 is 2.38 bits per heavy atom. The number of carbonyl (C=O) groups is 3. The fourth-order valence-corrected chi connectivity index (χ4v) is 7.29. The summed E-state index contributed by atoms with van der Waals surface area (Å²) < 4.78 is 12.8. The number of aromatic nitrogens is 3. The Morgan fingerprint density at radius 1 is 1.12 bits per heavy atom. The van der Waals surface area contributed by atoms with E-state index in [4.69, 9.17) is 10.5 Å². The normalized spacial score (nSPS) is 21.1. The molecule has 2 aromatic heterocycles. The molecule has 1 saturated heterocycles. The van der Waals surface area contributed by atoms with Crippen molar-refractivity contribution in [3.63, 3.8) is 0 Å². The number of aryl methyl sites for hydroxylation is 1. The van der Waals surface area contributed by atoms with E-state index in [2.05, 4.69) is 24.0 Å². The molecule has 42 heavy (non-hydrogen) atoms. The van der Waals surface area contributed by atoms with E-state index in [0.29, 0.717) is 45.4 Å². The van der Waals surface area contributed by atoms with E-state index in [0.717, 1.165) is 30.4 Å². The number of nitrogens with two attached hydrogens (primary N) is 1. The van der Waals surface area contributed by atoms with Crippen LogP contribution in [-0.2, 0) is 16.1 Å². The van der Waals surface area contributed by atoms with Crippen LogP contribution in [0.3, 0.4) is 0 Å². The second-order valence-corrected chi connectivity index (χ2v) is 19.6. The number of unbranched alkanes of at least 4 members (excludes halogenated alkanes) is 1. The van der Waals surface area contributed by atoms with Crippen molar-refractivity contribution in [3.8, 4) is 0 Å². The van der Waals surface area contributed by atoms with Gasteiger partial charge in [0.05, 0.1) is 0 Å². The molecule has 0 radical (unpaired) electrons. The highest BCUT2D eigenvalue weighted by atomic mass is 32.1. The van der Waals surface area contributed by atoms with Gasteiger partial charge in [0.1, 0.15) is 22.5 Å². The average Bonchev–Trinajstić information content (AvgIpc) is 3.42. The number of fused-ring (bicyclic) bond motifs is 1. The summed E-state index contributed by atoms with van der Waals surface area (Å²) in [6.07, 6.45) is 4.04. The fraction of sp³-hybridized carbons (Fsp3) is 0.714. The number of imide groups is 1. The lowest BCUT2D eigenvalue weighted by molar-refractivity contribution is -0.135. The molecule has 14 heteroatoms. The summed E-state index contributed by atoms with van der Waals surface area (Å²) in [5, 5.41) is 0.111. The van der Waals surface area contributed by atoms with Gasteiger partial charge in [0.25, 0.3) is 17.4 Å². The van der Waals surface area contributed by atoms with E-state index < -0.39 is 30.8 Å². The Hall–Kier alpha value is -2.84. The number of carbonyl (C=O) groups excluding carboxylic acids is 3. The standard InChI is InChI=1S/C28H44N6O6SSi/c1-7-8-13-31-23-20(21(22(29)35)41-30-23)24(36)34(27(31)39)19-11-9-18(10-12-19)16-33-26(38)32(25(37)28(33,2)3)17-40-14-15-42(4,5)6/h18-19H,7-17H2,1-6H3,(H2,29,35). The summed E-state index contributed by atoms with van der Waals surface area (Å²) in [5.41, 5.74) is 3.83. The molecule has 0 unspecified atom stereocenters. The van der Waals surface area contributed by atoms with E-state index in [-0.39, 0.29) is 46.5 Å². The van der Waals surface area contributed by atoms with Gasteiger partial charge in [-0.25, -0.2) is 14.5 Å². The van der Waals surface area contributed by atoms with Crippen LogP contribution in [0.1, 0.15) is 75.0 Å². The smallest absolute Gasteiger partial charge is 0.332 e. The SMILES string of the molecule is CCCCn1c(=O)n(C2CCC(CN3C(=O)N(COCC[Si](C)(C)C)C(=O)C3(C)C)CC2)c(=O)c2c(C(N)=O)snc21. The molecule has 0 bridgehead atoms. The number of amides is 4. The molecular weight excluding hydrogens is 576 g/mol. The first-order valence-electron chi connectivity index (χ1n) is 14.8.